The quantitative estimate of drug-likeness (QED) is 0.905. The zero-order chi connectivity index (χ0) is 16.2. The van der Waals surface area contributed by atoms with E-state index in [0.717, 1.165) is 26.2 Å². The number of likely N-dealkylation sites (N-methyl/N-ethyl adjacent to an activating group) is 1. The molecule has 2 heterocycles. The maximum absolute atomic E-state index is 12.4. The van der Waals surface area contributed by atoms with Crippen molar-refractivity contribution in [3.8, 4) is 0 Å². The van der Waals surface area contributed by atoms with E-state index < -0.39 is 0 Å². The van der Waals surface area contributed by atoms with Gasteiger partial charge >= 0.3 is 0 Å². The summed E-state index contributed by atoms with van der Waals surface area (Å²) >= 11 is 0. The molecule has 2 aromatic rings. The number of nitrogens with one attached hydrogen (secondary N) is 2. The second-order valence-electron chi connectivity index (χ2n) is 5.70. The van der Waals surface area contributed by atoms with E-state index in [1.807, 2.05) is 30.1 Å². The summed E-state index contributed by atoms with van der Waals surface area (Å²) in [7, 11) is 2.05. The first kappa shape index (κ1) is 15.3. The number of H-pyrrole nitrogens is 1. The number of amides is 2. The predicted molar refractivity (Wildman–Crippen MR) is 88.6 cm³/mol. The molecule has 1 aliphatic heterocycles. The van der Waals surface area contributed by atoms with E-state index in [4.69, 9.17) is 0 Å². The van der Waals surface area contributed by atoms with Crippen LogP contribution in [0.5, 0.6) is 0 Å². The number of aromatic amines is 1. The minimum atomic E-state index is -0.203. The Morgan fingerprint density at radius 3 is 2.39 bits per heavy atom. The van der Waals surface area contributed by atoms with Gasteiger partial charge < -0.3 is 20.1 Å². The lowest BCUT2D eigenvalue weighted by molar-refractivity contribution is 0.0658. The fraction of sp³-hybridized carbons (Fsp3) is 0.294. The standard InChI is InChI=1S/C17H20N4O2/c1-20-9-11-21(12-10-20)17(23)14-7-8-15(18-14)19-16(22)13-5-3-2-4-6-13/h2-8,18H,9-12H2,1H3,(H,19,22). The van der Waals surface area contributed by atoms with Crippen LogP contribution in [0.2, 0.25) is 0 Å². The van der Waals surface area contributed by atoms with Gasteiger partial charge in [-0.25, -0.2) is 0 Å². The molecule has 0 unspecified atom stereocenters. The second kappa shape index (κ2) is 6.66. The van der Waals surface area contributed by atoms with Crippen molar-refractivity contribution in [2.45, 2.75) is 0 Å². The summed E-state index contributed by atoms with van der Waals surface area (Å²) in [6, 6.07) is 12.4. The van der Waals surface area contributed by atoms with Crippen molar-refractivity contribution < 1.29 is 9.59 Å². The van der Waals surface area contributed by atoms with Crippen molar-refractivity contribution in [2.24, 2.45) is 0 Å². The fourth-order valence-corrected chi connectivity index (χ4v) is 2.56. The molecule has 1 aliphatic rings. The summed E-state index contributed by atoms with van der Waals surface area (Å²) in [5.74, 6) is 0.292. The summed E-state index contributed by atoms with van der Waals surface area (Å²) in [6.07, 6.45) is 0. The van der Waals surface area contributed by atoms with E-state index in [9.17, 15) is 9.59 Å². The monoisotopic (exact) mass is 312 g/mol. The van der Waals surface area contributed by atoms with E-state index in [1.54, 1.807) is 24.3 Å². The number of aromatic nitrogens is 1. The highest BCUT2D eigenvalue weighted by Crippen LogP contribution is 2.13. The normalized spacial score (nSPS) is 15.4. The van der Waals surface area contributed by atoms with Gasteiger partial charge in [-0.05, 0) is 31.3 Å². The molecule has 3 rings (SSSR count). The molecule has 120 valence electrons. The molecule has 0 atom stereocenters. The molecular formula is C17H20N4O2. The van der Waals surface area contributed by atoms with Gasteiger partial charge in [0.05, 0.1) is 0 Å². The van der Waals surface area contributed by atoms with Crippen molar-refractivity contribution in [3.63, 3.8) is 0 Å². The van der Waals surface area contributed by atoms with Crippen LogP contribution in [-0.2, 0) is 0 Å². The van der Waals surface area contributed by atoms with Crippen LogP contribution < -0.4 is 5.32 Å². The minimum absolute atomic E-state index is 0.0293. The third-order valence-electron chi connectivity index (χ3n) is 3.99. The Kier molecular flexibility index (Phi) is 4.43. The highest BCUT2D eigenvalue weighted by molar-refractivity contribution is 6.04. The van der Waals surface area contributed by atoms with Gasteiger partial charge in [0, 0.05) is 31.7 Å². The maximum atomic E-state index is 12.4. The summed E-state index contributed by atoms with van der Waals surface area (Å²) in [5.41, 5.74) is 1.08. The van der Waals surface area contributed by atoms with Crippen LogP contribution in [-0.4, -0.2) is 59.8 Å². The van der Waals surface area contributed by atoms with Crippen molar-refractivity contribution in [1.29, 1.82) is 0 Å². The van der Waals surface area contributed by atoms with E-state index in [2.05, 4.69) is 15.2 Å². The topological polar surface area (TPSA) is 68.4 Å². The largest absolute Gasteiger partial charge is 0.337 e. The van der Waals surface area contributed by atoms with Gasteiger partial charge in [0.25, 0.3) is 11.8 Å². The van der Waals surface area contributed by atoms with Gasteiger partial charge in [-0.2, -0.15) is 0 Å². The van der Waals surface area contributed by atoms with E-state index >= 15 is 0 Å². The summed E-state index contributed by atoms with van der Waals surface area (Å²) in [6.45, 7) is 3.20. The molecule has 1 aromatic carbocycles. The Labute approximate surface area is 135 Å². The molecule has 6 heteroatoms. The van der Waals surface area contributed by atoms with Crippen molar-refractivity contribution in [1.82, 2.24) is 14.8 Å². The third-order valence-corrected chi connectivity index (χ3v) is 3.99. The molecule has 1 saturated heterocycles. The van der Waals surface area contributed by atoms with Crippen molar-refractivity contribution in [3.05, 3.63) is 53.7 Å². The third kappa shape index (κ3) is 3.60. The number of anilines is 1. The fourth-order valence-electron chi connectivity index (χ4n) is 2.56. The summed E-state index contributed by atoms with van der Waals surface area (Å²) in [4.78, 5) is 31.5. The molecule has 0 spiro atoms. The molecule has 0 saturated carbocycles. The van der Waals surface area contributed by atoms with Crippen LogP contribution in [0.15, 0.2) is 42.5 Å². The Bertz CT molecular complexity index is 688. The number of nitrogens with zero attached hydrogens (tertiary/aromatic N) is 2. The first-order chi connectivity index (χ1) is 11.1. The molecule has 1 aromatic heterocycles. The van der Waals surface area contributed by atoms with Gasteiger partial charge in [-0.15, -0.1) is 0 Å². The highest BCUT2D eigenvalue weighted by atomic mass is 16.2. The molecule has 1 fully saturated rings. The van der Waals surface area contributed by atoms with E-state index in [1.165, 1.54) is 0 Å². The number of hydrogen-bond donors (Lipinski definition) is 2. The Morgan fingerprint density at radius 1 is 1.00 bits per heavy atom. The smallest absolute Gasteiger partial charge is 0.270 e. The number of benzene rings is 1. The highest BCUT2D eigenvalue weighted by Gasteiger charge is 2.21. The second-order valence-corrected chi connectivity index (χ2v) is 5.70. The van der Waals surface area contributed by atoms with E-state index in [0.29, 0.717) is 17.1 Å². The number of rotatable bonds is 3. The van der Waals surface area contributed by atoms with Crippen LogP contribution in [0.4, 0.5) is 5.82 Å². The zero-order valence-electron chi connectivity index (χ0n) is 13.1. The number of carbonyl (C=O) groups excluding carboxylic acids is 2. The van der Waals surface area contributed by atoms with Crippen LogP contribution in [0.1, 0.15) is 20.8 Å². The lowest BCUT2D eigenvalue weighted by Gasteiger charge is -2.32. The average Bonchev–Trinajstić information content (AvgIpc) is 3.04. The summed E-state index contributed by atoms with van der Waals surface area (Å²) < 4.78 is 0. The first-order valence-electron chi connectivity index (χ1n) is 7.67. The first-order valence-corrected chi connectivity index (χ1v) is 7.67. The predicted octanol–water partition coefficient (Wildman–Crippen LogP) is 1.65. The van der Waals surface area contributed by atoms with Gasteiger partial charge in [0.1, 0.15) is 11.5 Å². The Morgan fingerprint density at radius 2 is 1.70 bits per heavy atom. The van der Waals surface area contributed by atoms with Gasteiger partial charge in [0.15, 0.2) is 0 Å². The molecule has 0 radical (unpaired) electrons. The lowest BCUT2D eigenvalue weighted by Crippen LogP contribution is -2.47. The molecule has 0 aliphatic carbocycles. The van der Waals surface area contributed by atoms with Crippen molar-refractivity contribution >= 4 is 17.6 Å². The van der Waals surface area contributed by atoms with Crippen LogP contribution in [0.25, 0.3) is 0 Å². The number of piperazine rings is 1. The van der Waals surface area contributed by atoms with Crippen LogP contribution >= 0.6 is 0 Å². The minimum Gasteiger partial charge on any atom is -0.337 e. The molecular weight excluding hydrogens is 292 g/mol. The molecule has 2 N–H and O–H groups in total. The van der Waals surface area contributed by atoms with Crippen LogP contribution in [0.3, 0.4) is 0 Å². The zero-order valence-corrected chi connectivity index (χ0v) is 13.1. The SMILES string of the molecule is CN1CCN(C(=O)c2ccc(NC(=O)c3ccccc3)[nH]2)CC1. The molecule has 23 heavy (non-hydrogen) atoms. The van der Waals surface area contributed by atoms with Crippen molar-refractivity contribution in [2.75, 3.05) is 38.5 Å². The molecule has 6 nitrogen and oxygen atoms in total. The molecule has 0 bridgehead atoms. The Hall–Kier alpha value is -2.60. The van der Waals surface area contributed by atoms with Gasteiger partial charge in [-0.1, -0.05) is 18.2 Å². The lowest BCUT2D eigenvalue weighted by atomic mass is 10.2. The van der Waals surface area contributed by atoms with Gasteiger partial charge in [-0.3, -0.25) is 9.59 Å². The molecule has 2 amide bonds. The van der Waals surface area contributed by atoms with Gasteiger partial charge in [0.2, 0.25) is 0 Å². The van der Waals surface area contributed by atoms with Crippen LogP contribution in [0, 0.1) is 0 Å². The maximum Gasteiger partial charge on any atom is 0.270 e. The average molecular weight is 312 g/mol. The number of carbonyl (C=O) groups is 2. The van der Waals surface area contributed by atoms with E-state index in [-0.39, 0.29) is 11.8 Å². The Balaban J connectivity index is 1.64. The number of hydrogen-bond acceptors (Lipinski definition) is 3. The summed E-state index contributed by atoms with van der Waals surface area (Å²) in [5, 5.41) is 2.77.